The molecule has 2 aromatic carbocycles. The van der Waals surface area contributed by atoms with Gasteiger partial charge in [0, 0.05) is 13.0 Å². The maximum Gasteiger partial charge on any atom is 0.122 e. The van der Waals surface area contributed by atoms with Crippen molar-refractivity contribution in [2.75, 3.05) is 13.7 Å². The van der Waals surface area contributed by atoms with Gasteiger partial charge in [-0.1, -0.05) is 48.5 Å². The molecule has 2 rings (SSSR count). The molecule has 3 N–H and O–H groups in total. The third-order valence-electron chi connectivity index (χ3n) is 3.32. The molecule has 1 atom stereocenters. The number of benzene rings is 2. The van der Waals surface area contributed by atoms with Gasteiger partial charge in [0.15, 0.2) is 0 Å². The average Bonchev–Trinajstić information content (AvgIpc) is 2.48. The SMILES string of the molecule is COc1ccccc1CC(O)(CN)c1ccccc1. The highest BCUT2D eigenvalue weighted by Crippen LogP contribution is 2.29. The van der Waals surface area contributed by atoms with Crippen molar-refractivity contribution in [1.29, 1.82) is 0 Å². The Hall–Kier alpha value is -1.84. The van der Waals surface area contributed by atoms with E-state index in [2.05, 4.69) is 0 Å². The van der Waals surface area contributed by atoms with Gasteiger partial charge in [0.05, 0.1) is 7.11 Å². The quantitative estimate of drug-likeness (QED) is 0.862. The molecule has 0 aliphatic carbocycles. The Kier molecular flexibility index (Phi) is 4.20. The molecule has 0 radical (unpaired) electrons. The summed E-state index contributed by atoms with van der Waals surface area (Å²) in [5, 5.41) is 10.8. The number of para-hydroxylation sites is 1. The zero-order valence-corrected chi connectivity index (χ0v) is 11.0. The van der Waals surface area contributed by atoms with E-state index in [1.54, 1.807) is 7.11 Å². The van der Waals surface area contributed by atoms with E-state index in [0.29, 0.717) is 6.42 Å². The molecule has 0 spiro atoms. The van der Waals surface area contributed by atoms with E-state index >= 15 is 0 Å². The largest absolute Gasteiger partial charge is 0.496 e. The summed E-state index contributed by atoms with van der Waals surface area (Å²) in [6.45, 7) is 0.162. The monoisotopic (exact) mass is 257 g/mol. The van der Waals surface area contributed by atoms with Gasteiger partial charge in [0.25, 0.3) is 0 Å². The van der Waals surface area contributed by atoms with Gasteiger partial charge in [-0.05, 0) is 17.2 Å². The first-order chi connectivity index (χ1) is 9.19. The summed E-state index contributed by atoms with van der Waals surface area (Å²) in [7, 11) is 1.63. The van der Waals surface area contributed by atoms with Crippen LogP contribution < -0.4 is 10.5 Å². The lowest BCUT2D eigenvalue weighted by atomic mass is 9.87. The van der Waals surface area contributed by atoms with Crippen molar-refractivity contribution in [2.24, 2.45) is 5.73 Å². The topological polar surface area (TPSA) is 55.5 Å². The first-order valence-electron chi connectivity index (χ1n) is 6.29. The summed E-state index contributed by atoms with van der Waals surface area (Å²) < 4.78 is 5.32. The Balaban J connectivity index is 2.33. The molecule has 0 fully saturated rings. The molecule has 0 heterocycles. The molecular formula is C16H19NO2. The minimum Gasteiger partial charge on any atom is -0.496 e. The second-order valence-corrected chi connectivity index (χ2v) is 4.59. The first kappa shape index (κ1) is 13.6. The predicted octanol–water partition coefficient (Wildman–Crippen LogP) is 2.08. The zero-order valence-electron chi connectivity index (χ0n) is 11.0. The van der Waals surface area contributed by atoms with Crippen molar-refractivity contribution in [1.82, 2.24) is 0 Å². The fourth-order valence-electron chi connectivity index (χ4n) is 2.20. The molecule has 0 saturated heterocycles. The summed E-state index contributed by atoms with van der Waals surface area (Å²) >= 11 is 0. The van der Waals surface area contributed by atoms with E-state index in [1.165, 1.54) is 0 Å². The van der Waals surface area contributed by atoms with Crippen LogP contribution in [0.5, 0.6) is 5.75 Å². The van der Waals surface area contributed by atoms with E-state index in [0.717, 1.165) is 16.9 Å². The molecule has 0 saturated carbocycles. The lowest BCUT2D eigenvalue weighted by molar-refractivity contribution is 0.0457. The van der Waals surface area contributed by atoms with E-state index in [1.807, 2.05) is 54.6 Å². The van der Waals surface area contributed by atoms with Gasteiger partial charge in [-0.3, -0.25) is 0 Å². The minimum absolute atomic E-state index is 0.162. The van der Waals surface area contributed by atoms with Crippen LogP contribution in [-0.4, -0.2) is 18.8 Å². The molecule has 0 aromatic heterocycles. The zero-order chi connectivity index (χ0) is 13.7. The van der Waals surface area contributed by atoms with Crippen molar-refractivity contribution in [3.8, 4) is 5.75 Å². The van der Waals surface area contributed by atoms with Crippen LogP contribution in [-0.2, 0) is 12.0 Å². The molecular weight excluding hydrogens is 238 g/mol. The molecule has 0 aliphatic rings. The summed E-state index contributed by atoms with van der Waals surface area (Å²) in [6.07, 6.45) is 0.428. The van der Waals surface area contributed by atoms with Crippen LogP contribution in [0, 0.1) is 0 Å². The molecule has 2 aromatic rings. The van der Waals surface area contributed by atoms with Crippen LogP contribution in [0.2, 0.25) is 0 Å². The Morgan fingerprint density at radius 1 is 1.05 bits per heavy atom. The number of hydrogen-bond donors (Lipinski definition) is 2. The van der Waals surface area contributed by atoms with Crippen molar-refractivity contribution in [2.45, 2.75) is 12.0 Å². The Bertz CT molecular complexity index is 527. The normalized spacial score (nSPS) is 13.8. The maximum absolute atomic E-state index is 10.8. The number of rotatable bonds is 5. The van der Waals surface area contributed by atoms with E-state index < -0.39 is 5.60 Å². The summed E-state index contributed by atoms with van der Waals surface area (Å²) in [5.41, 5.74) is 6.48. The number of ether oxygens (including phenoxy) is 1. The molecule has 0 amide bonds. The van der Waals surface area contributed by atoms with Gasteiger partial charge in [-0.15, -0.1) is 0 Å². The van der Waals surface area contributed by atoms with E-state index in [-0.39, 0.29) is 6.54 Å². The van der Waals surface area contributed by atoms with Crippen molar-refractivity contribution < 1.29 is 9.84 Å². The number of methoxy groups -OCH3 is 1. The molecule has 1 unspecified atom stereocenters. The van der Waals surface area contributed by atoms with E-state index in [9.17, 15) is 5.11 Å². The van der Waals surface area contributed by atoms with Crippen LogP contribution in [0.3, 0.4) is 0 Å². The highest BCUT2D eigenvalue weighted by molar-refractivity contribution is 5.36. The third-order valence-corrected chi connectivity index (χ3v) is 3.32. The van der Waals surface area contributed by atoms with Gasteiger partial charge < -0.3 is 15.6 Å². The Morgan fingerprint density at radius 2 is 1.68 bits per heavy atom. The first-order valence-corrected chi connectivity index (χ1v) is 6.29. The van der Waals surface area contributed by atoms with Gasteiger partial charge in [0.1, 0.15) is 11.4 Å². The fourth-order valence-corrected chi connectivity index (χ4v) is 2.20. The number of hydrogen-bond acceptors (Lipinski definition) is 3. The standard InChI is InChI=1S/C16H19NO2/c1-19-15-10-6-5-7-13(15)11-16(18,12-17)14-8-3-2-4-9-14/h2-10,18H,11-12,17H2,1H3. The summed E-state index contributed by atoms with van der Waals surface area (Å²) in [6, 6.07) is 17.2. The van der Waals surface area contributed by atoms with Gasteiger partial charge in [-0.25, -0.2) is 0 Å². The summed E-state index contributed by atoms with van der Waals surface area (Å²) in [4.78, 5) is 0. The highest BCUT2D eigenvalue weighted by atomic mass is 16.5. The predicted molar refractivity (Wildman–Crippen MR) is 76.1 cm³/mol. The molecule has 3 heteroatoms. The van der Waals surface area contributed by atoms with E-state index in [4.69, 9.17) is 10.5 Å². The van der Waals surface area contributed by atoms with Crippen LogP contribution in [0.4, 0.5) is 0 Å². The number of nitrogens with two attached hydrogens (primary N) is 1. The van der Waals surface area contributed by atoms with Crippen LogP contribution in [0.15, 0.2) is 54.6 Å². The third kappa shape index (κ3) is 2.95. The van der Waals surface area contributed by atoms with Gasteiger partial charge >= 0.3 is 0 Å². The number of aliphatic hydroxyl groups is 1. The lowest BCUT2D eigenvalue weighted by Crippen LogP contribution is -2.37. The summed E-state index contributed by atoms with van der Waals surface area (Å²) in [5.74, 6) is 0.769. The van der Waals surface area contributed by atoms with Gasteiger partial charge in [0.2, 0.25) is 0 Å². The maximum atomic E-state index is 10.8. The lowest BCUT2D eigenvalue weighted by Gasteiger charge is -2.28. The Labute approximate surface area is 113 Å². The van der Waals surface area contributed by atoms with Crippen molar-refractivity contribution in [3.05, 3.63) is 65.7 Å². The Morgan fingerprint density at radius 3 is 2.32 bits per heavy atom. The average molecular weight is 257 g/mol. The highest BCUT2D eigenvalue weighted by Gasteiger charge is 2.28. The minimum atomic E-state index is -1.07. The van der Waals surface area contributed by atoms with Crippen LogP contribution in [0.25, 0.3) is 0 Å². The molecule has 3 nitrogen and oxygen atoms in total. The van der Waals surface area contributed by atoms with Gasteiger partial charge in [-0.2, -0.15) is 0 Å². The van der Waals surface area contributed by atoms with Crippen LogP contribution in [0.1, 0.15) is 11.1 Å². The van der Waals surface area contributed by atoms with Crippen molar-refractivity contribution in [3.63, 3.8) is 0 Å². The second-order valence-electron chi connectivity index (χ2n) is 4.59. The second kappa shape index (κ2) is 5.87. The molecule has 0 bridgehead atoms. The van der Waals surface area contributed by atoms with Crippen LogP contribution >= 0.6 is 0 Å². The van der Waals surface area contributed by atoms with Crippen molar-refractivity contribution >= 4 is 0 Å². The molecule has 0 aliphatic heterocycles. The molecule has 100 valence electrons. The smallest absolute Gasteiger partial charge is 0.122 e. The molecule has 19 heavy (non-hydrogen) atoms. The fraction of sp³-hybridized carbons (Fsp3) is 0.250.